The maximum absolute atomic E-state index is 12.7. The van der Waals surface area contributed by atoms with Crippen LogP contribution in [0.3, 0.4) is 0 Å². The molecule has 1 aliphatic rings. The predicted molar refractivity (Wildman–Crippen MR) is 110 cm³/mol. The van der Waals surface area contributed by atoms with Gasteiger partial charge in [0.1, 0.15) is 6.04 Å². The van der Waals surface area contributed by atoms with Gasteiger partial charge < -0.3 is 9.47 Å². The Hall–Kier alpha value is -1.89. The van der Waals surface area contributed by atoms with Gasteiger partial charge in [0.15, 0.2) is 5.06 Å². The minimum absolute atomic E-state index is 0.210. The molecule has 2 aromatic rings. The highest BCUT2D eigenvalue weighted by Gasteiger charge is 2.33. The van der Waals surface area contributed by atoms with Gasteiger partial charge in [-0.2, -0.15) is 0 Å². The summed E-state index contributed by atoms with van der Waals surface area (Å²) in [6, 6.07) is 8.72. The predicted octanol–water partition coefficient (Wildman–Crippen LogP) is 4.77. The standard InChI is InChI=1S/C21H24ClNO4S/c1-3-7-18(24)27-19-12-14-13-23(11-10-17(14)28-19)20(21(25)26-4-2)15-8-5-6-9-16(15)22/h5-6,8-9,12,20H,3-4,7,10-11,13H2,1-2H3/t20-/m0/s1. The first-order chi connectivity index (χ1) is 13.5. The van der Waals surface area contributed by atoms with Crippen molar-refractivity contribution in [1.82, 2.24) is 4.90 Å². The van der Waals surface area contributed by atoms with E-state index in [0.717, 1.165) is 24.0 Å². The summed E-state index contributed by atoms with van der Waals surface area (Å²) in [5.41, 5.74) is 1.83. The third kappa shape index (κ3) is 4.74. The molecule has 0 aliphatic carbocycles. The summed E-state index contributed by atoms with van der Waals surface area (Å²) in [5.74, 6) is -0.512. The number of benzene rings is 1. The molecule has 0 saturated heterocycles. The maximum atomic E-state index is 12.7. The van der Waals surface area contributed by atoms with Gasteiger partial charge >= 0.3 is 11.9 Å². The molecule has 2 heterocycles. The van der Waals surface area contributed by atoms with Crippen LogP contribution in [0.15, 0.2) is 30.3 Å². The molecule has 1 aromatic heterocycles. The topological polar surface area (TPSA) is 55.8 Å². The van der Waals surface area contributed by atoms with E-state index in [1.807, 2.05) is 31.2 Å². The number of hydrogen-bond acceptors (Lipinski definition) is 6. The molecule has 0 fully saturated rings. The van der Waals surface area contributed by atoms with E-state index in [2.05, 4.69) is 4.90 Å². The zero-order valence-electron chi connectivity index (χ0n) is 16.1. The lowest BCUT2D eigenvalue weighted by Crippen LogP contribution is -2.38. The van der Waals surface area contributed by atoms with Crippen LogP contribution >= 0.6 is 22.9 Å². The van der Waals surface area contributed by atoms with Crippen LogP contribution in [-0.4, -0.2) is 30.0 Å². The molecule has 0 unspecified atom stereocenters. The molecule has 0 amide bonds. The quantitative estimate of drug-likeness (QED) is 0.603. The number of rotatable bonds is 7. The summed E-state index contributed by atoms with van der Waals surface area (Å²) in [4.78, 5) is 27.8. The van der Waals surface area contributed by atoms with Gasteiger partial charge in [-0.25, -0.2) is 4.79 Å². The van der Waals surface area contributed by atoms with Crippen molar-refractivity contribution in [2.75, 3.05) is 13.2 Å². The van der Waals surface area contributed by atoms with Gasteiger partial charge in [0, 0.05) is 29.4 Å². The Morgan fingerprint density at radius 2 is 2.07 bits per heavy atom. The van der Waals surface area contributed by atoms with Crippen LogP contribution in [0, 0.1) is 0 Å². The molecule has 1 aliphatic heterocycles. The number of carbonyl (C=O) groups excluding carboxylic acids is 2. The second-order valence-electron chi connectivity index (χ2n) is 6.63. The first kappa shape index (κ1) is 20.8. The number of ether oxygens (including phenoxy) is 2. The molecule has 0 saturated carbocycles. The lowest BCUT2D eigenvalue weighted by atomic mass is 10.0. The second-order valence-corrected chi connectivity index (χ2v) is 8.14. The van der Waals surface area contributed by atoms with E-state index in [-0.39, 0.29) is 11.9 Å². The van der Waals surface area contributed by atoms with Crippen LogP contribution in [0.5, 0.6) is 5.06 Å². The molecule has 0 bridgehead atoms. The zero-order chi connectivity index (χ0) is 20.1. The minimum atomic E-state index is -0.562. The fourth-order valence-electron chi connectivity index (χ4n) is 3.36. The number of halogens is 1. The number of esters is 2. The zero-order valence-corrected chi connectivity index (χ0v) is 17.6. The van der Waals surface area contributed by atoms with E-state index in [4.69, 9.17) is 21.1 Å². The van der Waals surface area contributed by atoms with Gasteiger partial charge in [-0.15, -0.1) is 11.3 Å². The molecular weight excluding hydrogens is 398 g/mol. The molecule has 1 aromatic carbocycles. The minimum Gasteiger partial charge on any atom is -0.465 e. The molecule has 3 rings (SSSR count). The average Bonchev–Trinajstić information content (AvgIpc) is 3.05. The van der Waals surface area contributed by atoms with Crippen molar-refractivity contribution in [3.8, 4) is 5.06 Å². The Bertz CT molecular complexity index is 851. The first-order valence-corrected chi connectivity index (χ1v) is 10.7. The lowest BCUT2D eigenvalue weighted by molar-refractivity contribution is -0.150. The third-order valence-corrected chi connectivity index (χ3v) is 6.08. The molecule has 150 valence electrons. The summed E-state index contributed by atoms with van der Waals surface area (Å²) in [6.07, 6.45) is 1.95. The van der Waals surface area contributed by atoms with Gasteiger partial charge in [0.05, 0.1) is 6.61 Å². The monoisotopic (exact) mass is 421 g/mol. The van der Waals surface area contributed by atoms with Crippen LogP contribution in [-0.2, 0) is 27.3 Å². The lowest BCUT2D eigenvalue weighted by Gasteiger charge is -2.33. The van der Waals surface area contributed by atoms with Crippen LogP contribution in [0.25, 0.3) is 0 Å². The fraction of sp³-hybridized carbons (Fsp3) is 0.429. The van der Waals surface area contributed by atoms with Crippen molar-refractivity contribution in [3.05, 3.63) is 51.4 Å². The largest absolute Gasteiger partial charge is 0.465 e. The van der Waals surface area contributed by atoms with Gasteiger partial charge in [0.2, 0.25) is 0 Å². The van der Waals surface area contributed by atoms with Crippen LogP contribution < -0.4 is 4.74 Å². The summed E-state index contributed by atoms with van der Waals surface area (Å²) in [7, 11) is 0. The summed E-state index contributed by atoms with van der Waals surface area (Å²) >= 11 is 7.89. The number of hydrogen-bond donors (Lipinski definition) is 0. The Morgan fingerprint density at radius 1 is 1.29 bits per heavy atom. The number of carbonyl (C=O) groups is 2. The normalized spacial score (nSPS) is 15.0. The van der Waals surface area contributed by atoms with E-state index in [0.29, 0.717) is 36.2 Å². The Morgan fingerprint density at radius 3 is 2.79 bits per heavy atom. The molecule has 7 heteroatoms. The summed E-state index contributed by atoms with van der Waals surface area (Å²) in [5, 5.41) is 1.17. The van der Waals surface area contributed by atoms with Gasteiger partial charge in [-0.1, -0.05) is 36.7 Å². The molecule has 28 heavy (non-hydrogen) atoms. The van der Waals surface area contributed by atoms with Crippen molar-refractivity contribution in [1.29, 1.82) is 0 Å². The van der Waals surface area contributed by atoms with Crippen molar-refractivity contribution < 1.29 is 19.1 Å². The molecule has 5 nitrogen and oxygen atoms in total. The Kier molecular flexibility index (Phi) is 7.10. The van der Waals surface area contributed by atoms with Crippen LogP contribution in [0.2, 0.25) is 5.02 Å². The smallest absolute Gasteiger partial charge is 0.328 e. The van der Waals surface area contributed by atoms with Gasteiger partial charge in [-0.3, -0.25) is 9.69 Å². The summed E-state index contributed by atoms with van der Waals surface area (Å²) < 4.78 is 10.8. The number of nitrogens with zero attached hydrogens (tertiary/aromatic N) is 1. The number of fused-ring (bicyclic) bond motifs is 1. The van der Waals surface area contributed by atoms with Crippen molar-refractivity contribution in [3.63, 3.8) is 0 Å². The maximum Gasteiger partial charge on any atom is 0.328 e. The van der Waals surface area contributed by atoms with E-state index in [1.54, 1.807) is 13.0 Å². The van der Waals surface area contributed by atoms with Crippen molar-refractivity contribution in [2.45, 2.75) is 45.7 Å². The fourth-order valence-corrected chi connectivity index (χ4v) is 4.62. The van der Waals surface area contributed by atoms with E-state index in [1.165, 1.54) is 16.2 Å². The highest BCUT2D eigenvalue weighted by atomic mass is 35.5. The number of thiophene rings is 1. The molecule has 0 N–H and O–H groups in total. The molecular formula is C21H24ClNO4S. The first-order valence-electron chi connectivity index (χ1n) is 9.50. The van der Waals surface area contributed by atoms with E-state index >= 15 is 0 Å². The van der Waals surface area contributed by atoms with Crippen LogP contribution in [0.1, 0.15) is 48.7 Å². The van der Waals surface area contributed by atoms with Crippen molar-refractivity contribution in [2.24, 2.45) is 0 Å². The second kappa shape index (κ2) is 9.54. The Labute approximate surface area is 174 Å². The third-order valence-electron chi connectivity index (χ3n) is 4.62. The molecule has 0 spiro atoms. The van der Waals surface area contributed by atoms with E-state index in [9.17, 15) is 9.59 Å². The van der Waals surface area contributed by atoms with Crippen molar-refractivity contribution >= 4 is 34.9 Å². The Balaban J connectivity index is 1.83. The SMILES string of the molecule is CCCC(=O)Oc1cc2c(s1)CCN([C@H](C(=O)OCC)c1ccccc1Cl)C2. The molecule has 0 radical (unpaired) electrons. The van der Waals surface area contributed by atoms with Gasteiger partial charge in [0.25, 0.3) is 0 Å². The highest BCUT2D eigenvalue weighted by molar-refractivity contribution is 7.14. The highest BCUT2D eigenvalue weighted by Crippen LogP contribution is 2.37. The average molecular weight is 422 g/mol. The molecule has 1 atom stereocenters. The van der Waals surface area contributed by atoms with Gasteiger partial charge in [-0.05, 0) is 43.0 Å². The summed E-state index contributed by atoms with van der Waals surface area (Å²) in [6.45, 7) is 5.33. The van der Waals surface area contributed by atoms with Crippen LogP contribution in [0.4, 0.5) is 0 Å². The van der Waals surface area contributed by atoms with E-state index < -0.39 is 6.04 Å².